The number of hydrogen-bond acceptors (Lipinski definition) is 6. The Kier molecular flexibility index (Phi) is 10.8. The number of likely N-dealkylation sites (tertiary alicyclic amines) is 1. The smallest absolute Gasteiger partial charge is 0.303 e. The highest BCUT2D eigenvalue weighted by atomic mass is 16.4. The molecule has 3 N–H and O–H groups in total. The van der Waals surface area contributed by atoms with Crippen molar-refractivity contribution in [2.45, 2.75) is 77.3 Å². The zero-order valence-corrected chi connectivity index (χ0v) is 21.7. The summed E-state index contributed by atoms with van der Waals surface area (Å²) in [6.07, 6.45) is 9.69. The van der Waals surface area contributed by atoms with Crippen LogP contribution in [0.15, 0.2) is 36.7 Å². The van der Waals surface area contributed by atoms with Gasteiger partial charge in [0, 0.05) is 25.5 Å². The molecule has 0 bridgehead atoms. The van der Waals surface area contributed by atoms with Gasteiger partial charge in [0.1, 0.15) is 0 Å². The van der Waals surface area contributed by atoms with E-state index in [4.69, 9.17) is 9.90 Å². The molecule has 1 saturated heterocycles. The molecular formula is C27H38N6O4. The largest absolute Gasteiger partial charge is 0.483 e. The van der Waals surface area contributed by atoms with Crippen LogP contribution in [0.1, 0.15) is 79.1 Å². The average Bonchev–Trinajstić information content (AvgIpc) is 3.57. The molecular weight excluding hydrogens is 472 g/mol. The van der Waals surface area contributed by atoms with E-state index in [-0.39, 0.29) is 18.8 Å². The van der Waals surface area contributed by atoms with Gasteiger partial charge in [-0.25, -0.2) is 0 Å². The molecule has 200 valence electrons. The van der Waals surface area contributed by atoms with Gasteiger partial charge < -0.3 is 10.2 Å². The van der Waals surface area contributed by atoms with E-state index >= 15 is 0 Å². The van der Waals surface area contributed by atoms with E-state index in [1.54, 1.807) is 0 Å². The average molecular weight is 511 g/mol. The van der Waals surface area contributed by atoms with E-state index in [1.807, 2.05) is 12.3 Å². The van der Waals surface area contributed by atoms with Crippen molar-refractivity contribution in [1.82, 2.24) is 30.1 Å². The van der Waals surface area contributed by atoms with E-state index in [0.717, 1.165) is 75.1 Å². The number of aryl methyl sites for hydroxylation is 3. The van der Waals surface area contributed by atoms with E-state index in [2.05, 4.69) is 68.3 Å². The van der Waals surface area contributed by atoms with Crippen LogP contribution in [0.5, 0.6) is 0 Å². The first-order valence-electron chi connectivity index (χ1n) is 12.9. The molecule has 2 unspecified atom stereocenters. The minimum atomic E-state index is -0.765. The molecule has 0 aliphatic carbocycles. The highest BCUT2D eigenvalue weighted by Crippen LogP contribution is 2.29. The molecule has 1 aliphatic rings. The third-order valence-electron chi connectivity index (χ3n) is 6.96. The van der Waals surface area contributed by atoms with Crippen molar-refractivity contribution in [3.8, 4) is 0 Å². The molecule has 0 radical (unpaired) electrons. The number of carboxylic acids is 1. The molecule has 0 spiro atoms. The zero-order chi connectivity index (χ0) is 26.6. The molecule has 2 aromatic heterocycles. The Morgan fingerprint density at radius 2 is 2.03 bits per heavy atom. The number of nitrogens with zero attached hydrogens (tertiary/aromatic N) is 5. The fourth-order valence-electron chi connectivity index (χ4n) is 5.06. The SMILES string of the molecule is CCCc1n[nH]nc1CCC(CC(=O)O)c1ccc(C)c(CN2CCCC(n3cccn3)C2)c1.O=CO. The second-order valence-electron chi connectivity index (χ2n) is 9.61. The number of piperidine rings is 1. The van der Waals surface area contributed by atoms with E-state index in [0.29, 0.717) is 6.04 Å². The molecule has 0 amide bonds. The van der Waals surface area contributed by atoms with Crippen LogP contribution < -0.4 is 0 Å². The van der Waals surface area contributed by atoms with Crippen molar-refractivity contribution >= 4 is 12.4 Å². The Morgan fingerprint density at radius 3 is 2.70 bits per heavy atom. The molecule has 1 aromatic carbocycles. The van der Waals surface area contributed by atoms with Crippen molar-refractivity contribution < 1.29 is 19.8 Å². The Morgan fingerprint density at radius 1 is 1.27 bits per heavy atom. The molecule has 4 rings (SSSR count). The van der Waals surface area contributed by atoms with Gasteiger partial charge in [-0.1, -0.05) is 31.5 Å². The lowest BCUT2D eigenvalue weighted by atomic mass is 9.88. The number of H-pyrrole nitrogens is 1. The van der Waals surface area contributed by atoms with E-state index in [1.165, 1.54) is 11.1 Å². The summed E-state index contributed by atoms with van der Waals surface area (Å²) in [5.41, 5.74) is 5.59. The fourth-order valence-corrected chi connectivity index (χ4v) is 5.06. The van der Waals surface area contributed by atoms with Crippen LogP contribution in [0.2, 0.25) is 0 Å². The summed E-state index contributed by atoms with van der Waals surface area (Å²) in [6, 6.07) is 8.87. The molecule has 3 heterocycles. The Bertz CT molecular complexity index is 1110. The Labute approximate surface area is 217 Å². The van der Waals surface area contributed by atoms with Crippen LogP contribution in [-0.2, 0) is 29.0 Å². The molecule has 10 nitrogen and oxygen atoms in total. The summed E-state index contributed by atoms with van der Waals surface area (Å²) in [7, 11) is 0. The maximum atomic E-state index is 11.7. The number of nitrogens with one attached hydrogen (secondary N) is 1. The molecule has 37 heavy (non-hydrogen) atoms. The minimum Gasteiger partial charge on any atom is -0.483 e. The minimum absolute atomic E-state index is 0.0544. The first kappa shape index (κ1) is 28.0. The molecule has 2 atom stereocenters. The standard InChI is InChI=1S/C26H36N6O2.CH2O2/c1-3-6-24-25(29-30-28-24)11-10-21(16-26(33)34)20-9-8-19(2)22(15-20)17-31-13-4-7-23(18-31)32-14-5-12-27-32;2-1-3/h5,8-9,12,14-15,21,23H,3-4,6-7,10-11,13,16-18H2,1-2H3,(H,33,34)(H,28,29,30);1H,(H,2,3). The van der Waals surface area contributed by atoms with E-state index in [9.17, 15) is 9.90 Å². The predicted octanol–water partition coefficient (Wildman–Crippen LogP) is 3.99. The first-order chi connectivity index (χ1) is 17.9. The second-order valence-corrected chi connectivity index (χ2v) is 9.61. The Balaban J connectivity index is 0.00000121. The van der Waals surface area contributed by atoms with Gasteiger partial charge in [-0.15, -0.1) is 0 Å². The van der Waals surface area contributed by atoms with Crippen LogP contribution in [0, 0.1) is 6.92 Å². The molecule has 0 saturated carbocycles. The van der Waals surface area contributed by atoms with Crippen LogP contribution in [0.3, 0.4) is 0 Å². The van der Waals surface area contributed by atoms with Crippen LogP contribution >= 0.6 is 0 Å². The summed E-state index contributed by atoms with van der Waals surface area (Å²) < 4.78 is 2.08. The summed E-state index contributed by atoms with van der Waals surface area (Å²) in [4.78, 5) is 22.5. The normalized spacial score (nSPS) is 16.5. The lowest BCUT2D eigenvalue weighted by Crippen LogP contribution is -2.36. The zero-order valence-electron chi connectivity index (χ0n) is 21.7. The number of benzene rings is 1. The lowest BCUT2D eigenvalue weighted by molar-refractivity contribution is -0.137. The van der Waals surface area contributed by atoms with E-state index < -0.39 is 5.97 Å². The second kappa shape index (κ2) is 14.3. The van der Waals surface area contributed by atoms with Gasteiger partial charge in [-0.2, -0.15) is 20.5 Å². The van der Waals surface area contributed by atoms with Crippen molar-refractivity contribution in [2.24, 2.45) is 0 Å². The highest BCUT2D eigenvalue weighted by molar-refractivity contribution is 5.68. The van der Waals surface area contributed by atoms with Crippen LogP contribution in [-0.4, -0.2) is 65.8 Å². The highest BCUT2D eigenvalue weighted by Gasteiger charge is 2.23. The number of rotatable bonds is 11. The van der Waals surface area contributed by atoms with Gasteiger partial charge in [0.2, 0.25) is 0 Å². The molecule has 1 fully saturated rings. The summed E-state index contributed by atoms with van der Waals surface area (Å²) in [5.74, 6) is -0.819. The number of aromatic nitrogens is 5. The topological polar surface area (TPSA) is 137 Å². The third-order valence-corrected chi connectivity index (χ3v) is 6.96. The van der Waals surface area contributed by atoms with Crippen molar-refractivity contribution in [2.75, 3.05) is 13.1 Å². The molecule has 1 aliphatic heterocycles. The lowest BCUT2D eigenvalue weighted by Gasteiger charge is -2.33. The molecule has 3 aromatic rings. The summed E-state index contributed by atoms with van der Waals surface area (Å²) in [6.45, 7) is 6.95. The van der Waals surface area contributed by atoms with Crippen molar-refractivity contribution in [1.29, 1.82) is 0 Å². The quantitative estimate of drug-likeness (QED) is 0.329. The molecule has 10 heteroatoms. The van der Waals surface area contributed by atoms with Gasteiger partial charge in [0.15, 0.2) is 0 Å². The van der Waals surface area contributed by atoms with Gasteiger partial charge in [-0.3, -0.25) is 19.2 Å². The number of hydrogen-bond donors (Lipinski definition) is 3. The number of carbonyl (C=O) groups is 2. The monoisotopic (exact) mass is 510 g/mol. The first-order valence-corrected chi connectivity index (χ1v) is 12.9. The van der Waals surface area contributed by atoms with Crippen molar-refractivity contribution in [3.63, 3.8) is 0 Å². The summed E-state index contributed by atoms with van der Waals surface area (Å²) >= 11 is 0. The third kappa shape index (κ3) is 8.24. The predicted molar refractivity (Wildman–Crippen MR) is 139 cm³/mol. The fraction of sp³-hybridized carbons (Fsp3) is 0.519. The van der Waals surface area contributed by atoms with Crippen LogP contribution in [0.25, 0.3) is 0 Å². The maximum absolute atomic E-state index is 11.7. The van der Waals surface area contributed by atoms with Gasteiger partial charge in [0.05, 0.1) is 23.9 Å². The Hall–Kier alpha value is -3.53. The number of aliphatic carboxylic acids is 1. The maximum Gasteiger partial charge on any atom is 0.303 e. The van der Waals surface area contributed by atoms with Crippen LogP contribution in [0.4, 0.5) is 0 Å². The summed E-state index contributed by atoms with van der Waals surface area (Å²) in [5, 5.41) is 32.3. The van der Waals surface area contributed by atoms with Gasteiger partial charge in [0.25, 0.3) is 6.47 Å². The van der Waals surface area contributed by atoms with Gasteiger partial charge >= 0.3 is 5.97 Å². The van der Waals surface area contributed by atoms with Gasteiger partial charge in [-0.05, 0) is 74.2 Å². The van der Waals surface area contributed by atoms with Crippen molar-refractivity contribution in [3.05, 3.63) is 64.7 Å². The number of aromatic amines is 1. The number of carboxylic acid groups (broad SMARTS) is 2.